The molecule has 3 aliphatic rings. The highest BCUT2D eigenvalue weighted by atomic mass is 35.5. The molecule has 1 heterocycles. The number of nitrogens with one attached hydrogen (secondary N) is 1. The van der Waals surface area contributed by atoms with Gasteiger partial charge in [-0.2, -0.15) is 0 Å². The molecule has 0 aromatic heterocycles. The molecule has 158 valence electrons. The van der Waals surface area contributed by atoms with Crippen molar-refractivity contribution in [3.05, 3.63) is 34.9 Å². The van der Waals surface area contributed by atoms with Crippen molar-refractivity contribution >= 4 is 23.4 Å². The van der Waals surface area contributed by atoms with Crippen LogP contribution in [-0.2, 0) is 15.0 Å². The van der Waals surface area contributed by atoms with Gasteiger partial charge < -0.3 is 10.2 Å². The molecule has 29 heavy (non-hydrogen) atoms. The van der Waals surface area contributed by atoms with E-state index in [-0.39, 0.29) is 17.2 Å². The summed E-state index contributed by atoms with van der Waals surface area (Å²) in [5.74, 6) is 0.777. The lowest BCUT2D eigenvalue weighted by Gasteiger charge is -2.41. The third-order valence-electron chi connectivity index (χ3n) is 7.14. The molecule has 0 spiro atoms. The second kappa shape index (κ2) is 9.05. The van der Waals surface area contributed by atoms with Crippen LogP contribution in [0.5, 0.6) is 0 Å². The molecule has 6 heteroatoms. The smallest absolute Gasteiger partial charge is 0.230 e. The van der Waals surface area contributed by atoms with Gasteiger partial charge in [0.15, 0.2) is 0 Å². The van der Waals surface area contributed by atoms with Crippen molar-refractivity contribution in [3.8, 4) is 0 Å². The number of hydrogen-bond donors (Lipinski definition) is 1. The van der Waals surface area contributed by atoms with Crippen LogP contribution < -0.4 is 5.32 Å². The second-order valence-corrected chi connectivity index (χ2v) is 9.28. The number of carbonyl (C=O) groups is 2. The van der Waals surface area contributed by atoms with Gasteiger partial charge in [0.2, 0.25) is 11.8 Å². The average Bonchev–Trinajstić information content (AvgIpc) is 3.23. The third-order valence-corrected chi connectivity index (χ3v) is 7.39. The van der Waals surface area contributed by atoms with Crippen molar-refractivity contribution in [2.24, 2.45) is 5.92 Å². The maximum Gasteiger partial charge on any atom is 0.230 e. The lowest BCUT2D eigenvalue weighted by atomic mass is 9.64. The minimum absolute atomic E-state index is 0.140. The van der Waals surface area contributed by atoms with Crippen LogP contribution in [0.3, 0.4) is 0 Å². The van der Waals surface area contributed by atoms with Crippen LogP contribution in [0.2, 0.25) is 5.02 Å². The monoisotopic (exact) mass is 417 g/mol. The van der Waals surface area contributed by atoms with E-state index < -0.39 is 0 Å². The fourth-order valence-corrected chi connectivity index (χ4v) is 5.19. The maximum atomic E-state index is 12.9. The van der Waals surface area contributed by atoms with E-state index in [4.69, 9.17) is 11.6 Å². The maximum absolute atomic E-state index is 12.9. The summed E-state index contributed by atoms with van der Waals surface area (Å²) in [4.78, 5) is 29.9. The van der Waals surface area contributed by atoms with E-state index in [1.807, 2.05) is 24.3 Å². The Morgan fingerprint density at radius 1 is 1.00 bits per heavy atom. The summed E-state index contributed by atoms with van der Waals surface area (Å²) in [6.45, 7) is 4.93. The van der Waals surface area contributed by atoms with Crippen LogP contribution in [-0.4, -0.2) is 60.9 Å². The Balaban J connectivity index is 1.22. The molecule has 2 amide bonds. The number of hydrogen-bond acceptors (Lipinski definition) is 3. The SMILES string of the molecule is O=C(C1CCCC1)N1CCN(CCNC(=O)C2(c3ccc(Cl)cc3)CCC2)CC1. The molecule has 0 bridgehead atoms. The number of amides is 2. The van der Waals surface area contributed by atoms with E-state index >= 15 is 0 Å². The fraction of sp³-hybridized carbons (Fsp3) is 0.652. The van der Waals surface area contributed by atoms with Gasteiger partial charge in [0, 0.05) is 50.2 Å². The number of benzene rings is 1. The fourth-order valence-electron chi connectivity index (χ4n) is 5.07. The summed E-state index contributed by atoms with van der Waals surface area (Å²) in [5, 5.41) is 3.87. The first-order valence-corrected chi connectivity index (χ1v) is 11.5. The number of piperazine rings is 1. The molecule has 5 nitrogen and oxygen atoms in total. The Morgan fingerprint density at radius 3 is 2.24 bits per heavy atom. The average molecular weight is 418 g/mol. The van der Waals surface area contributed by atoms with Gasteiger partial charge in [0.05, 0.1) is 5.41 Å². The highest BCUT2D eigenvalue weighted by Crippen LogP contribution is 2.44. The predicted octanol–water partition coefficient (Wildman–Crippen LogP) is 3.21. The molecule has 3 fully saturated rings. The number of nitrogens with zero attached hydrogens (tertiary/aromatic N) is 2. The van der Waals surface area contributed by atoms with Crippen LogP contribution in [0.4, 0.5) is 0 Å². The van der Waals surface area contributed by atoms with E-state index in [1.165, 1.54) is 12.8 Å². The van der Waals surface area contributed by atoms with E-state index in [2.05, 4.69) is 15.1 Å². The molecular weight excluding hydrogens is 386 g/mol. The van der Waals surface area contributed by atoms with Crippen molar-refractivity contribution in [1.82, 2.24) is 15.1 Å². The molecule has 4 rings (SSSR count). The number of rotatable bonds is 6. The quantitative estimate of drug-likeness (QED) is 0.773. The van der Waals surface area contributed by atoms with Gasteiger partial charge in [-0.1, -0.05) is 43.0 Å². The zero-order valence-electron chi connectivity index (χ0n) is 17.2. The van der Waals surface area contributed by atoms with Crippen LogP contribution in [0.1, 0.15) is 50.5 Å². The third kappa shape index (κ3) is 4.46. The Hall–Kier alpha value is -1.59. The van der Waals surface area contributed by atoms with Gasteiger partial charge in [-0.3, -0.25) is 14.5 Å². The van der Waals surface area contributed by atoms with Gasteiger partial charge in [-0.15, -0.1) is 0 Å². The molecule has 2 aliphatic carbocycles. The van der Waals surface area contributed by atoms with Crippen molar-refractivity contribution in [2.45, 2.75) is 50.4 Å². The molecule has 1 aromatic carbocycles. The van der Waals surface area contributed by atoms with Gasteiger partial charge in [-0.05, 0) is 43.4 Å². The molecule has 0 unspecified atom stereocenters. The van der Waals surface area contributed by atoms with Crippen LogP contribution in [0, 0.1) is 5.92 Å². The second-order valence-electron chi connectivity index (χ2n) is 8.85. The van der Waals surface area contributed by atoms with E-state index in [0.29, 0.717) is 17.5 Å². The van der Waals surface area contributed by atoms with Crippen molar-refractivity contribution in [3.63, 3.8) is 0 Å². The minimum Gasteiger partial charge on any atom is -0.354 e. The van der Waals surface area contributed by atoms with E-state index in [1.54, 1.807) is 0 Å². The highest BCUT2D eigenvalue weighted by molar-refractivity contribution is 6.30. The first kappa shape index (κ1) is 20.7. The molecule has 1 N–H and O–H groups in total. The lowest BCUT2D eigenvalue weighted by Crippen LogP contribution is -2.53. The van der Waals surface area contributed by atoms with Gasteiger partial charge >= 0.3 is 0 Å². The molecule has 1 aromatic rings. The van der Waals surface area contributed by atoms with Crippen molar-refractivity contribution in [2.75, 3.05) is 39.3 Å². The summed E-state index contributed by atoms with van der Waals surface area (Å²) in [6.07, 6.45) is 7.44. The summed E-state index contributed by atoms with van der Waals surface area (Å²) in [6, 6.07) is 7.72. The minimum atomic E-state index is -0.378. The zero-order valence-corrected chi connectivity index (χ0v) is 17.9. The number of carbonyl (C=O) groups excluding carboxylic acids is 2. The summed E-state index contributed by atoms with van der Waals surface area (Å²) in [5.41, 5.74) is 0.696. The molecule has 1 aliphatic heterocycles. The predicted molar refractivity (Wildman–Crippen MR) is 115 cm³/mol. The van der Waals surface area contributed by atoms with Crippen molar-refractivity contribution in [1.29, 1.82) is 0 Å². The molecule has 2 saturated carbocycles. The van der Waals surface area contributed by atoms with Gasteiger partial charge in [0.1, 0.15) is 0 Å². The Kier molecular flexibility index (Phi) is 6.45. The van der Waals surface area contributed by atoms with Gasteiger partial charge in [-0.25, -0.2) is 0 Å². The topological polar surface area (TPSA) is 52.7 Å². The summed E-state index contributed by atoms with van der Waals surface area (Å²) < 4.78 is 0. The van der Waals surface area contributed by atoms with Crippen LogP contribution >= 0.6 is 11.6 Å². The molecule has 0 atom stereocenters. The van der Waals surface area contributed by atoms with E-state index in [0.717, 1.165) is 70.4 Å². The summed E-state index contributed by atoms with van der Waals surface area (Å²) >= 11 is 6.01. The zero-order chi connectivity index (χ0) is 20.3. The van der Waals surface area contributed by atoms with Crippen molar-refractivity contribution < 1.29 is 9.59 Å². The standard InChI is InChI=1S/C23H32ClN3O2/c24-20-8-6-19(7-9-20)23(10-3-11-23)22(29)25-12-13-26-14-16-27(17-15-26)21(28)18-4-1-2-5-18/h6-9,18H,1-5,10-17H2,(H,25,29). The molecule has 1 saturated heterocycles. The summed E-state index contributed by atoms with van der Waals surface area (Å²) in [7, 11) is 0. The van der Waals surface area contributed by atoms with Crippen LogP contribution in [0.25, 0.3) is 0 Å². The van der Waals surface area contributed by atoms with E-state index in [9.17, 15) is 9.59 Å². The normalized spacial score (nSPS) is 22.3. The Bertz CT molecular complexity index is 718. The molecular formula is C23H32ClN3O2. The number of halogens is 1. The first-order chi connectivity index (χ1) is 14.1. The molecule has 0 radical (unpaired) electrons. The first-order valence-electron chi connectivity index (χ1n) is 11.1. The largest absolute Gasteiger partial charge is 0.354 e. The van der Waals surface area contributed by atoms with Crippen LogP contribution in [0.15, 0.2) is 24.3 Å². The Morgan fingerprint density at radius 2 is 1.66 bits per heavy atom. The highest BCUT2D eigenvalue weighted by Gasteiger charge is 2.45. The van der Waals surface area contributed by atoms with Gasteiger partial charge in [0.25, 0.3) is 0 Å². The lowest BCUT2D eigenvalue weighted by molar-refractivity contribution is -0.137. The Labute approximate surface area is 178 Å².